The lowest BCUT2D eigenvalue weighted by Gasteiger charge is -2.16. The van der Waals surface area contributed by atoms with Crippen LogP contribution in [0.3, 0.4) is 0 Å². The molecule has 0 aromatic heterocycles. The summed E-state index contributed by atoms with van der Waals surface area (Å²) in [5.74, 6) is 0. The minimum atomic E-state index is -0.0550. The van der Waals surface area contributed by atoms with Crippen molar-refractivity contribution in [2.75, 3.05) is 0 Å². The minimum absolute atomic E-state index is 0.0550. The fourth-order valence-corrected chi connectivity index (χ4v) is 1.42. The van der Waals surface area contributed by atoms with E-state index in [2.05, 4.69) is 13.0 Å². The molecular weight excluding hydrogens is 124 g/mol. The number of hydrogen-bond donors (Lipinski definition) is 1. The van der Waals surface area contributed by atoms with Gasteiger partial charge in [0, 0.05) is 0 Å². The van der Waals surface area contributed by atoms with Crippen molar-refractivity contribution in [3.8, 4) is 0 Å². The molecule has 1 nitrogen and oxygen atoms in total. The zero-order valence-corrected chi connectivity index (χ0v) is 6.64. The molecule has 1 heteroatoms. The summed E-state index contributed by atoms with van der Waals surface area (Å²) in [7, 11) is 0. The van der Waals surface area contributed by atoms with Gasteiger partial charge in [0.2, 0.25) is 0 Å². The zero-order valence-electron chi connectivity index (χ0n) is 6.64. The van der Waals surface area contributed by atoms with Gasteiger partial charge in [-0.1, -0.05) is 25.0 Å². The maximum Gasteiger partial charge on any atom is 0.0577 e. The molecule has 1 N–H and O–H groups in total. The third-order valence-corrected chi connectivity index (χ3v) is 2.05. The molecule has 10 heavy (non-hydrogen) atoms. The van der Waals surface area contributed by atoms with Crippen LogP contribution in [0, 0.1) is 0 Å². The van der Waals surface area contributed by atoms with E-state index >= 15 is 0 Å². The van der Waals surface area contributed by atoms with Crippen molar-refractivity contribution in [2.24, 2.45) is 0 Å². The standard InChI is InChI=1S/C9H16O/c1-2-3-8-4-6-9(10)7-5-8/h4,9-10H,2-3,5-7H2,1H3. The molecule has 0 fully saturated rings. The molecule has 0 radical (unpaired) electrons. The van der Waals surface area contributed by atoms with Crippen molar-refractivity contribution in [2.45, 2.75) is 45.1 Å². The highest BCUT2D eigenvalue weighted by molar-refractivity contribution is 5.06. The predicted molar refractivity (Wildman–Crippen MR) is 42.8 cm³/mol. The Kier molecular flexibility index (Phi) is 2.94. The maximum absolute atomic E-state index is 9.15. The van der Waals surface area contributed by atoms with Crippen LogP contribution in [0.1, 0.15) is 39.0 Å². The zero-order chi connectivity index (χ0) is 7.40. The Morgan fingerprint density at radius 3 is 3.00 bits per heavy atom. The summed E-state index contributed by atoms with van der Waals surface area (Å²) < 4.78 is 0. The lowest BCUT2D eigenvalue weighted by Crippen LogP contribution is -2.09. The lowest BCUT2D eigenvalue weighted by atomic mass is 9.94. The molecule has 1 aliphatic rings. The van der Waals surface area contributed by atoms with Crippen molar-refractivity contribution >= 4 is 0 Å². The third-order valence-electron chi connectivity index (χ3n) is 2.05. The lowest BCUT2D eigenvalue weighted by molar-refractivity contribution is 0.162. The van der Waals surface area contributed by atoms with Crippen LogP contribution < -0.4 is 0 Å². The predicted octanol–water partition coefficient (Wildman–Crippen LogP) is 2.26. The van der Waals surface area contributed by atoms with Crippen LogP contribution in [0.15, 0.2) is 11.6 Å². The fraction of sp³-hybridized carbons (Fsp3) is 0.778. The summed E-state index contributed by atoms with van der Waals surface area (Å²) in [6.07, 6.45) is 7.60. The summed E-state index contributed by atoms with van der Waals surface area (Å²) >= 11 is 0. The van der Waals surface area contributed by atoms with E-state index in [4.69, 9.17) is 5.11 Å². The van der Waals surface area contributed by atoms with Gasteiger partial charge in [0.05, 0.1) is 6.10 Å². The Morgan fingerprint density at radius 1 is 1.70 bits per heavy atom. The maximum atomic E-state index is 9.15. The normalized spacial score (nSPS) is 26.2. The van der Waals surface area contributed by atoms with Crippen molar-refractivity contribution in [1.29, 1.82) is 0 Å². The Hall–Kier alpha value is -0.300. The highest BCUT2D eigenvalue weighted by atomic mass is 16.3. The largest absolute Gasteiger partial charge is 0.393 e. The Labute approximate surface area is 62.8 Å². The van der Waals surface area contributed by atoms with Crippen molar-refractivity contribution in [1.82, 2.24) is 0 Å². The van der Waals surface area contributed by atoms with Gasteiger partial charge in [-0.15, -0.1) is 0 Å². The number of rotatable bonds is 2. The van der Waals surface area contributed by atoms with E-state index in [0.29, 0.717) is 0 Å². The van der Waals surface area contributed by atoms with E-state index in [0.717, 1.165) is 19.3 Å². The van der Waals surface area contributed by atoms with Crippen LogP contribution in [0.2, 0.25) is 0 Å². The number of aliphatic hydroxyl groups is 1. The molecule has 0 saturated heterocycles. The second kappa shape index (κ2) is 3.77. The Bertz CT molecular complexity index is 127. The SMILES string of the molecule is CCCC1=CCC(O)CC1. The van der Waals surface area contributed by atoms with Crippen molar-refractivity contribution in [3.63, 3.8) is 0 Å². The van der Waals surface area contributed by atoms with Gasteiger partial charge in [-0.2, -0.15) is 0 Å². The van der Waals surface area contributed by atoms with Crippen LogP contribution >= 0.6 is 0 Å². The molecule has 0 aliphatic heterocycles. The number of hydrogen-bond acceptors (Lipinski definition) is 1. The number of aliphatic hydroxyl groups excluding tert-OH is 1. The molecule has 1 atom stereocenters. The van der Waals surface area contributed by atoms with Gasteiger partial charge in [-0.05, 0) is 25.7 Å². The second-order valence-corrected chi connectivity index (χ2v) is 3.04. The highest BCUT2D eigenvalue weighted by Crippen LogP contribution is 2.21. The molecule has 0 aromatic carbocycles. The first-order chi connectivity index (χ1) is 4.83. The minimum Gasteiger partial charge on any atom is -0.393 e. The molecule has 1 aliphatic carbocycles. The molecule has 0 bridgehead atoms. The first-order valence-electron chi connectivity index (χ1n) is 4.19. The van der Waals surface area contributed by atoms with E-state index in [1.54, 1.807) is 5.57 Å². The average molecular weight is 140 g/mol. The van der Waals surface area contributed by atoms with Gasteiger partial charge in [0.25, 0.3) is 0 Å². The molecule has 1 unspecified atom stereocenters. The highest BCUT2D eigenvalue weighted by Gasteiger charge is 2.09. The first kappa shape index (κ1) is 7.80. The molecule has 1 rings (SSSR count). The van der Waals surface area contributed by atoms with E-state index in [9.17, 15) is 0 Å². The van der Waals surface area contributed by atoms with Crippen LogP contribution in [-0.2, 0) is 0 Å². The average Bonchev–Trinajstić information content (AvgIpc) is 1.95. The molecule has 58 valence electrons. The van der Waals surface area contributed by atoms with Gasteiger partial charge in [0.1, 0.15) is 0 Å². The van der Waals surface area contributed by atoms with Gasteiger partial charge < -0.3 is 5.11 Å². The van der Waals surface area contributed by atoms with Crippen LogP contribution in [-0.4, -0.2) is 11.2 Å². The van der Waals surface area contributed by atoms with Crippen LogP contribution in [0.5, 0.6) is 0 Å². The van der Waals surface area contributed by atoms with E-state index in [1.807, 2.05) is 0 Å². The monoisotopic (exact) mass is 140 g/mol. The Morgan fingerprint density at radius 2 is 2.50 bits per heavy atom. The Balaban J connectivity index is 2.33. The quantitative estimate of drug-likeness (QED) is 0.583. The van der Waals surface area contributed by atoms with E-state index in [1.165, 1.54) is 12.8 Å². The first-order valence-corrected chi connectivity index (χ1v) is 4.19. The number of allylic oxidation sites excluding steroid dienone is 1. The van der Waals surface area contributed by atoms with Gasteiger partial charge in [0.15, 0.2) is 0 Å². The smallest absolute Gasteiger partial charge is 0.0577 e. The fourth-order valence-electron chi connectivity index (χ4n) is 1.42. The molecule has 0 amide bonds. The molecule has 0 aromatic rings. The summed E-state index contributed by atoms with van der Waals surface area (Å²) in [6.45, 7) is 2.20. The third kappa shape index (κ3) is 2.14. The van der Waals surface area contributed by atoms with Crippen LogP contribution in [0.4, 0.5) is 0 Å². The summed E-state index contributed by atoms with van der Waals surface area (Å²) in [4.78, 5) is 0. The van der Waals surface area contributed by atoms with E-state index < -0.39 is 0 Å². The summed E-state index contributed by atoms with van der Waals surface area (Å²) in [5.41, 5.74) is 1.55. The molecule has 0 spiro atoms. The molecular formula is C9H16O. The van der Waals surface area contributed by atoms with Crippen LogP contribution in [0.25, 0.3) is 0 Å². The molecule has 0 heterocycles. The van der Waals surface area contributed by atoms with Gasteiger partial charge in [-0.25, -0.2) is 0 Å². The topological polar surface area (TPSA) is 20.2 Å². The second-order valence-electron chi connectivity index (χ2n) is 3.04. The molecule has 0 saturated carbocycles. The van der Waals surface area contributed by atoms with Gasteiger partial charge >= 0.3 is 0 Å². The van der Waals surface area contributed by atoms with E-state index in [-0.39, 0.29) is 6.10 Å². The van der Waals surface area contributed by atoms with Crippen molar-refractivity contribution < 1.29 is 5.11 Å². The van der Waals surface area contributed by atoms with Crippen molar-refractivity contribution in [3.05, 3.63) is 11.6 Å². The summed E-state index contributed by atoms with van der Waals surface area (Å²) in [5, 5.41) is 9.15. The summed E-state index contributed by atoms with van der Waals surface area (Å²) in [6, 6.07) is 0. The van der Waals surface area contributed by atoms with Gasteiger partial charge in [-0.3, -0.25) is 0 Å².